The first-order valence-corrected chi connectivity index (χ1v) is 6.50. The fourth-order valence-corrected chi connectivity index (χ4v) is 2.64. The van der Waals surface area contributed by atoms with Crippen LogP contribution in [0, 0.1) is 0 Å². The van der Waals surface area contributed by atoms with E-state index < -0.39 is 11.5 Å². The molecule has 0 atom stereocenters. The smallest absolute Gasteiger partial charge is 0.305 e. The minimum atomic E-state index is -0.787. The summed E-state index contributed by atoms with van der Waals surface area (Å²) in [5, 5.41) is 12.4. The molecule has 1 aromatic heterocycles. The number of anilines is 1. The molecule has 1 heterocycles. The van der Waals surface area contributed by atoms with Gasteiger partial charge in [-0.05, 0) is 12.8 Å². The lowest BCUT2D eigenvalue weighted by atomic mass is 9.79. The van der Waals surface area contributed by atoms with E-state index in [4.69, 9.17) is 9.84 Å². The minimum Gasteiger partial charge on any atom is -0.481 e. The Balaban J connectivity index is 2.16. The molecule has 6 nitrogen and oxygen atoms in total. The topological polar surface area (TPSA) is 84.3 Å². The van der Waals surface area contributed by atoms with E-state index in [1.807, 2.05) is 0 Å². The van der Waals surface area contributed by atoms with Crippen LogP contribution < -0.4 is 10.1 Å². The Labute approximate surface area is 112 Å². The maximum Gasteiger partial charge on any atom is 0.305 e. The summed E-state index contributed by atoms with van der Waals surface area (Å²) in [7, 11) is 1.53. The van der Waals surface area contributed by atoms with E-state index in [1.165, 1.54) is 13.3 Å². The van der Waals surface area contributed by atoms with Gasteiger partial charge in [-0.25, -0.2) is 0 Å². The minimum absolute atomic E-state index is 0.103. The number of ether oxygens (including phenoxy) is 1. The maximum atomic E-state index is 11.1. The van der Waals surface area contributed by atoms with E-state index in [2.05, 4.69) is 15.3 Å². The summed E-state index contributed by atoms with van der Waals surface area (Å²) in [6, 6.07) is 0. The van der Waals surface area contributed by atoms with Gasteiger partial charge >= 0.3 is 5.97 Å². The van der Waals surface area contributed by atoms with E-state index in [1.54, 1.807) is 6.20 Å². The van der Waals surface area contributed by atoms with Crippen LogP contribution in [-0.2, 0) is 4.79 Å². The molecule has 0 unspecified atom stereocenters. The molecular formula is C13H19N3O3. The molecule has 6 heteroatoms. The molecule has 0 amide bonds. The molecule has 1 aliphatic carbocycles. The molecule has 1 saturated carbocycles. The van der Waals surface area contributed by atoms with Gasteiger partial charge in [0.2, 0.25) is 5.88 Å². The van der Waals surface area contributed by atoms with Crippen molar-refractivity contribution in [2.45, 2.75) is 44.1 Å². The Bertz CT molecular complexity index is 445. The molecule has 0 aliphatic heterocycles. The second kappa shape index (κ2) is 5.86. The molecule has 0 spiro atoms. The van der Waals surface area contributed by atoms with Crippen molar-refractivity contribution in [1.29, 1.82) is 0 Å². The number of carboxylic acid groups (broad SMARTS) is 1. The highest BCUT2D eigenvalue weighted by Crippen LogP contribution is 2.34. The van der Waals surface area contributed by atoms with Crippen LogP contribution in [0.5, 0.6) is 5.88 Å². The van der Waals surface area contributed by atoms with Crippen molar-refractivity contribution in [2.75, 3.05) is 12.4 Å². The predicted octanol–water partition coefficient (Wildman–Crippen LogP) is 2.07. The highest BCUT2D eigenvalue weighted by atomic mass is 16.5. The van der Waals surface area contributed by atoms with Crippen LogP contribution >= 0.6 is 0 Å². The summed E-state index contributed by atoms with van der Waals surface area (Å²) in [5.41, 5.74) is -0.412. The van der Waals surface area contributed by atoms with Crippen LogP contribution in [0.3, 0.4) is 0 Å². The largest absolute Gasteiger partial charge is 0.481 e. The number of hydrogen-bond donors (Lipinski definition) is 2. The predicted molar refractivity (Wildman–Crippen MR) is 70.3 cm³/mol. The zero-order valence-corrected chi connectivity index (χ0v) is 11.1. The number of nitrogens with zero attached hydrogens (tertiary/aromatic N) is 2. The fraction of sp³-hybridized carbons (Fsp3) is 0.615. The lowest BCUT2D eigenvalue weighted by Gasteiger charge is -2.37. The van der Waals surface area contributed by atoms with Crippen molar-refractivity contribution in [2.24, 2.45) is 0 Å². The Hall–Kier alpha value is -1.85. The highest BCUT2D eigenvalue weighted by molar-refractivity contribution is 5.69. The first kappa shape index (κ1) is 13.6. The van der Waals surface area contributed by atoms with Crippen molar-refractivity contribution < 1.29 is 14.6 Å². The molecule has 1 aromatic rings. The zero-order chi connectivity index (χ0) is 13.7. The standard InChI is InChI=1S/C13H19N3O3/c1-19-11-9-14-8-10(15-11)16-13(7-12(17)18)5-3-2-4-6-13/h8-9H,2-7H2,1H3,(H,15,16)(H,17,18). The molecular weight excluding hydrogens is 246 g/mol. The number of hydrogen-bond acceptors (Lipinski definition) is 5. The SMILES string of the molecule is COc1cncc(NC2(CC(=O)O)CCCCC2)n1. The molecule has 0 saturated heterocycles. The summed E-state index contributed by atoms with van der Waals surface area (Å²) in [4.78, 5) is 19.4. The molecule has 0 aromatic carbocycles. The van der Waals surface area contributed by atoms with Gasteiger partial charge in [-0.1, -0.05) is 19.3 Å². The number of carboxylic acids is 1. The van der Waals surface area contributed by atoms with Crippen molar-refractivity contribution in [1.82, 2.24) is 9.97 Å². The Morgan fingerprint density at radius 3 is 2.79 bits per heavy atom. The molecule has 1 fully saturated rings. The average molecular weight is 265 g/mol. The number of methoxy groups -OCH3 is 1. The third-order valence-electron chi connectivity index (χ3n) is 3.52. The van der Waals surface area contributed by atoms with Crippen molar-refractivity contribution >= 4 is 11.8 Å². The Morgan fingerprint density at radius 2 is 2.16 bits per heavy atom. The lowest BCUT2D eigenvalue weighted by molar-refractivity contribution is -0.138. The second-order valence-electron chi connectivity index (χ2n) is 4.98. The van der Waals surface area contributed by atoms with E-state index in [9.17, 15) is 4.79 Å². The third-order valence-corrected chi connectivity index (χ3v) is 3.52. The summed E-state index contributed by atoms with van der Waals surface area (Å²) in [6.07, 6.45) is 8.15. The van der Waals surface area contributed by atoms with Gasteiger partial charge in [-0.3, -0.25) is 9.78 Å². The van der Waals surface area contributed by atoms with Crippen LogP contribution in [0.25, 0.3) is 0 Å². The van der Waals surface area contributed by atoms with Crippen LogP contribution in [0.15, 0.2) is 12.4 Å². The van der Waals surface area contributed by atoms with Crippen molar-refractivity contribution in [3.05, 3.63) is 12.4 Å². The first-order chi connectivity index (χ1) is 9.13. The fourth-order valence-electron chi connectivity index (χ4n) is 2.64. The maximum absolute atomic E-state index is 11.1. The average Bonchev–Trinajstić information content (AvgIpc) is 2.39. The summed E-state index contributed by atoms with van der Waals surface area (Å²) in [6.45, 7) is 0. The van der Waals surface area contributed by atoms with Gasteiger partial charge in [0, 0.05) is 5.54 Å². The number of aromatic nitrogens is 2. The summed E-state index contributed by atoms with van der Waals surface area (Å²) >= 11 is 0. The van der Waals surface area contributed by atoms with Crippen LogP contribution in [0.1, 0.15) is 38.5 Å². The molecule has 104 valence electrons. The normalized spacial score (nSPS) is 17.7. The second-order valence-corrected chi connectivity index (χ2v) is 4.98. The molecule has 2 N–H and O–H groups in total. The van der Waals surface area contributed by atoms with Gasteiger partial charge in [-0.2, -0.15) is 4.98 Å². The molecule has 0 bridgehead atoms. The molecule has 0 radical (unpaired) electrons. The number of carbonyl (C=O) groups is 1. The van der Waals surface area contributed by atoms with Crippen LogP contribution in [0.2, 0.25) is 0 Å². The highest BCUT2D eigenvalue weighted by Gasteiger charge is 2.34. The van der Waals surface area contributed by atoms with Gasteiger partial charge in [-0.15, -0.1) is 0 Å². The number of nitrogens with one attached hydrogen (secondary N) is 1. The number of rotatable bonds is 5. The quantitative estimate of drug-likeness (QED) is 0.848. The molecule has 2 rings (SSSR count). The summed E-state index contributed by atoms with van der Waals surface area (Å²) in [5.74, 6) is 0.207. The van der Waals surface area contributed by atoms with Gasteiger partial charge < -0.3 is 15.2 Å². The van der Waals surface area contributed by atoms with Crippen LogP contribution in [0.4, 0.5) is 5.82 Å². The van der Waals surface area contributed by atoms with Gasteiger partial charge in [0.05, 0.1) is 25.9 Å². The van der Waals surface area contributed by atoms with Gasteiger partial charge in [0.1, 0.15) is 5.82 Å². The first-order valence-electron chi connectivity index (χ1n) is 6.50. The summed E-state index contributed by atoms with van der Waals surface area (Å²) < 4.78 is 5.03. The third kappa shape index (κ3) is 3.56. The van der Waals surface area contributed by atoms with E-state index in [0.717, 1.165) is 32.1 Å². The van der Waals surface area contributed by atoms with E-state index in [-0.39, 0.29) is 6.42 Å². The Morgan fingerprint density at radius 1 is 1.42 bits per heavy atom. The molecule has 19 heavy (non-hydrogen) atoms. The van der Waals surface area contributed by atoms with Crippen molar-refractivity contribution in [3.63, 3.8) is 0 Å². The molecule has 1 aliphatic rings. The van der Waals surface area contributed by atoms with Gasteiger partial charge in [0.25, 0.3) is 0 Å². The van der Waals surface area contributed by atoms with E-state index in [0.29, 0.717) is 11.7 Å². The monoisotopic (exact) mass is 265 g/mol. The van der Waals surface area contributed by atoms with Crippen molar-refractivity contribution in [3.8, 4) is 5.88 Å². The van der Waals surface area contributed by atoms with E-state index >= 15 is 0 Å². The Kier molecular flexibility index (Phi) is 4.19. The zero-order valence-electron chi connectivity index (χ0n) is 11.1. The van der Waals surface area contributed by atoms with Gasteiger partial charge in [0.15, 0.2) is 0 Å². The number of aliphatic carboxylic acids is 1. The van der Waals surface area contributed by atoms with Crippen LogP contribution in [-0.4, -0.2) is 33.7 Å². The lowest BCUT2D eigenvalue weighted by Crippen LogP contribution is -2.42.